The van der Waals surface area contributed by atoms with Gasteiger partial charge in [0.25, 0.3) is 0 Å². The molecule has 1 amide bonds. The number of amides is 1. The van der Waals surface area contributed by atoms with Crippen LogP contribution in [0.15, 0.2) is 44.3 Å². The predicted octanol–water partition coefficient (Wildman–Crippen LogP) is 8.27. The largest absolute Gasteiger partial charge is 0.464 e. The highest BCUT2D eigenvalue weighted by Gasteiger charge is 2.44. The van der Waals surface area contributed by atoms with E-state index in [1.807, 2.05) is 18.7 Å². The Morgan fingerprint density at radius 2 is 1.56 bits per heavy atom. The van der Waals surface area contributed by atoms with Crippen molar-refractivity contribution in [1.82, 2.24) is 30.0 Å². The Morgan fingerprint density at radius 3 is 2.11 bits per heavy atom. The monoisotopic (exact) mass is 907 g/mol. The highest BCUT2D eigenvalue weighted by molar-refractivity contribution is 9.10. The molecule has 0 saturated carbocycles. The number of anilines is 1. The molecule has 4 atom stereocenters. The highest BCUT2D eigenvalue weighted by Crippen LogP contribution is 2.41. The van der Waals surface area contributed by atoms with Crippen LogP contribution in [0.2, 0.25) is 0 Å². The van der Waals surface area contributed by atoms with Gasteiger partial charge in [0.2, 0.25) is 0 Å². The molecule has 2 saturated heterocycles. The van der Waals surface area contributed by atoms with Gasteiger partial charge >= 0.3 is 24.4 Å². The van der Waals surface area contributed by atoms with Crippen LogP contribution in [-0.2, 0) is 33.1 Å². The summed E-state index contributed by atoms with van der Waals surface area (Å²) in [4.78, 5) is 44.5. The molecule has 0 N–H and O–H groups in total. The fourth-order valence-electron chi connectivity index (χ4n) is 6.15. The number of benzene rings is 1. The molecule has 0 bridgehead atoms. The fraction of sp³-hybridized carbons (Fsp3) is 0.441. The van der Waals surface area contributed by atoms with E-state index in [2.05, 4.69) is 56.7 Å². The molecule has 6 rings (SSSR count). The Kier molecular flexibility index (Phi) is 12.5. The van der Waals surface area contributed by atoms with Gasteiger partial charge in [-0.15, -0.1) is 0 Å². The molecule has 0 radical (unpaired) electrons. The lowest BCUT2D eigenvalue weighted by atomic mass is 9.97. The van der Waals surface area contributed by atoms with Gasteiger partial charge in [-0.3, -0.25) is 4.90 Å². The summed E-state index contributed by atoms with van der Waals surface area (Å²) in [5.74, 6) is 0.438. The summed E-state index contributed by atoms with van der Waals surface area (Å²) in [6.45, 7) is 9.53. The van der Waals surface area contributed by atoms with E-state index in [-0.39, 0.29) is 30.5 Å². The van der Waals surface area contributed by atoms with Crippen molar-refractivity contribution in [2.75, 3.05) is 25.1 Å². The first-order valence-electron chi connectivity index (χ1n) is 16.4. The van der Waals surface area contributed by atoms with E-state index in [1.54, 1.807) is 20.0 Å². The van der Waals surface area contributed by atoms with Crippen LogP contribution in [-0.4, -0.2) is 80.5 Å². The molecule has 4 aromatic rings. The maximum absolute atomic E-state index is 13.5. The molecule has 1 aromatic carbocycles. The molecule has 13 nitrogen and oxygen atoms in total. The van der Waals surface area contributed by atoms with Crippen LogP contribution in [0.1, 0.15) is 71.2 Å². The smallest absolute Gasteiger partial charge is 0.416 e. The van der Waals surface area contributed by atoms with E-state index in [1.165, 1.54) is 25.1 Å². The van der Waals surface area contributed by atoms with E-state index in [9.17, 15) is 35.9 Å². The van der Waals surface area contributed by atoms with Gasteiger partial charge in [0, 0.05) is 13.1 Å². The zero-order valence-corrected chi connectivity index (χ0v) is 33.1. The molecule has 21 heteroatoms. The minimum Gasteiger partial charge on any atom is -0.464 e. The summed E-state index contributed by atoms with van der Waals surface area (Å²) in [6.07, 6.45) is -9.63. The van der Waals surface area contributed by atoms with Crippen molar-refractivity contribution in [1.29, 1.82) is 0 Å². The first-order valence-corrected chi connectivity index (χ1v) is 18.0. The van der Waals surface area contributed by atoms with Crippen molar-refractivity contribution >= 4 is 49.7 Å². The maximum atomic E-state index is 13.5. The van der Waals surface area contributed by atoms with Crippen molar-refractivity contribution < 1.29 is 54.7 Å². The van der Waals surface area contributed by atoms with Crippen LogP contribution >= 0.6 is 31.9 Å². The summed E-state index contributed by atoms with van der Waals surface area (Å²) in [5, 5.41) is 3.96. The second kappa shape index (κ2) is 16.4. The molecule has 296 valence electrons. The van der Waals surface area contributed by atoms with Gasteiger partial charge in [-0.1, -0.05) is 5.16 Å². The standard InChI is InChI=1S/C28H29F6N5O4.C6H4Br2N2O2/c1-13-10-38(11-14(2)41-13)25-22(36-21(9-35-25)23-15(3)37-43-17(23)5)12-39-16(4)24(42-26(39)40)18-6-19(27(29,30)31)8-20(7-18)28(32,33)34;1-12-6(11)4-5(8)9-2-3(7)10-4/h6-9,13-14,16,24H,10-12H2,1-5H3;2H,1H3/t13?,14?,16-,24?;/m0./s1. The number of ether oxygens (including phenoxy) is 3. The number of nitrogens with zero attached hydrogens (tertiary/aromatic N) is 7. The second-order valence-electron chi connectivity index (χ2n) is 12.7. The van der Waals surface area contributed by atoms with Crippen LogP contribution in [0, 0.1) is 13.8 Å². The summed E-state index contributed by atoms with van der Waals surface area (Å²) >= 11 is 6.17. The van der Waals surface area contributed by atoms with Gasteiger partial charge in [0.05, 0.1) is 72.4 Å². The molecule has 0 spiro atoms. The van der Waals surface area contributed by atoms with Crippen molar-refractivity contribution in [3.8, 4) is 11.3 Å². The number of halogens is 8. The minimum atomic E-state index is -5.04. The number of carbonyl (C=O) groups excluding carboxylic acids is 2. The first kappa shape index (κ1) is 41.8. The van der Waals surface area contributed by atoms with E-state index in [0.29, 0.717) is 68.7 Å². The van der Waals surface area contributed by atoms with Gasteiger partial charge in [-0.25, -0.2) is 29.5 Å². The SMILES string of the molecule is COC(=O)c1nc(Br)cnc1Br.Cc1noc(C)c1-c1cnc(N2CC(C)OC(C)C2)c(CN2C(=O)OC(c3cc(C(F)(F)F)cc(C(F)(F)F)c3)[C@@H]2C)n1. The van der Waals surface area contributed by atoms with Crippen LogP contribution in [0.5, 0.6) is 0 Å². The number of cyclic esters (lactones) is 1. The Bertz CT molecular complexity index is 2010. The number of hydrogen-bond acceptors (Lipinski definition) is 12. The molecule has 5 heterocycles. The Balaban J connectivity index is 0.000000413. The average molecular weight is 909 g/mol. The highest BCUT2D eigenvalue weighted by atomic mass is 79.9. The number of rotatable bonds is 6. The zero-order valence-electron chi connectivity index (χ0n) is 29.9. The lowest BCUT2D eigenvalue weighted by molar-refractivity contribution is -0.143. The number of aryl methyl sites for hydroxylation is 2. The fourth-order valence-corrected chi connectivity index (χ4v) is 6.79. The predicted molar refractivity (Wildman–Crippen MR) is 189 cm³/mol. The van der Waals surface area contributed by atoms with E-state index in [0.717, 1.165) is 0 Å². The third kappa shape index (κ3) is 9.54. The van der Waals surface area contributed by atoms with Crippen molar-refractivity contribution in [3.05, 3.63) is 79.3 Å². The molecule has 2 aliphatic rings. The Labute approximate surface area is 327 Å². The molecule has 55 heavy (non-hydrogen) atoms. The van der Waals surface area contributed by atoms with Crippen LogP contribution in [0.4, 0.5) is 37.0 Å². The summed E-state index contributed by atoms with van der Waals surface area (Å²) < 4.78 is 103. The van der Waals surface area contributed by atoms with Crippen molar-refractivity contribution in [2.45, 2.75) is 77.9 Å². The van der Waals surface area contributed by atoms with E-state index in [4.69, 9.17) is 19.0 Å². The van der Waals surface area contributed by atoms with Gasteiger partial charge in [-0.2, -0.15) is 26.3 Å². The van der Waals surface area contributed by atoms with Gasteiger partial charge in [0.15, 0.2) is 11.5 Å². The normalized spacial score (nSPS) is 20.2. The molecule has 2 aliphatic heterocycles. The van der Waals surface area contributed by atoms with Gasteiger partial charge < -0.3 is 23.6 Å². The zero-order chi connectivity index (χ0) is 40.6. The topological polar surface area (TPSA) is 146 Å². The van der Waals surface area contributed by atoms with Crippen molar-refractivity contribution in [3.63, 3.8) is 0 Å². The Hall–Kier alpha value is -4.37. The number of esters is 1. The molecule has 3 aromatic heterocycles. The number of aromatic nitrogens is 5. The van der Waals surface area contributed by atoms with Gasteiger partial charge in [0.1, 0.15) is 26.8 Å². The number of alkyl halides is 6. The third-order valence-corrected chi connectivity index (χ3v) is 9.52. The lowest BCUT2D eigenvalue weighted by Gasteiger charge is -2.37. The maximum Gasteiger partial charge on any atom is 0.416 e. The molecular formula is C34H33Br2F6N7O6. The third-order valence-electron chi connectivity index (χ3n) is 8.56. The number of carbonyl (C=O) groups is 2. The van der Waals surface area contributed by atoms with Crippen molar-refractivity contribution in [2.24, 2.45) is 0 Å². The number of methoxy groups -OCH3 is 1. The number of morpholine rings is 1. The van der Waals surface area contributed by atoms with E-state index >= 15 is 0 Å². The lowest BCUT2D eigenvalue weighted by Crippen LogP contribution is -2.46. The molecule has 3 unspecified atom stereocenters. The summed E-state index contributed by atoms with van der Waals surface area (Å²) in [5.41, 5.74) is -1.29. The Morgan fingerprint density at radius 1 is 0.945 bits per heavy atom. The molecule has 0 aliphatic carbocycles. The van der Waals surface area contributed by atoms with Crippen LogP contribution in [0.25, 0.3) is 11.3 Å². The number of hydrogen-bond donors (Lipinski definition) is 0. The second-order valence-corrected chi connectivity index (χ2v) is 14.3. The molecular weight excluding hydrogens is 876 g/mol. The summed E-state index contributed by atoms with van der Waals surface area (Å²) in [6, 6.07) is 0.242. The van der Waals surface area contributed by atoms with Crippen LogP contribution in [0.3, 0.4) is 0 Å². The summed E-state index contributed by atoms with van der Waals surface area (Å²) in [7, 11) is 1.29. The minimum absolute atomic E-state index is 0.0368. The van der Waals surface area contributed by atoms with Crippen LogP contribution < -0.4 is 4.90 Å². The van der Waals surface area contributed by atoms with E-state index < -0.39 is 53.3 Å². The first-order chi connectivity index (χ1) is 25.7. The molecule has 2 fully saturated rings. The quantitative estimate of drug-likeness (QED) is 0.136. The van der Waals surface area contributed by atoms with Gasteiger partial charge in [-0.05, 0) is 90.2 Å². The average Bonchev–Trinajstić information content (AvgIpc) is 3.59.